The maximum Gasteiger partial charge on any atom is 0.337 e. The average Bonchev–Trinajstić information content (AvgIpc) is 2.06. The molecular weight excluding hydrogens is 144 g/mol. The van der Waals surface area contributed by atoms with Crippen LogP contribution in [0.4, 0.5) is 0 Å². The molecule has 0 aromatic heterocycles. The standard InChI is InChI=1S/C7H16O2Si/c1-3-10(8-2)7-5-4-6-9-10/h3-7H2,1-2H3. The molecule has 0 spiro atoms. The van der Waals surface area contributed by atoms with Crippen molar-refractivity contribution in [1.29, 1.82) is 0 Å². The van der Waals surface area contributed by atoms with Crippen molar-refractivity contribution in [3.05, 3.63) is 0 Å². The van der Waals surface area contributed by atoms with Crippen LogP contribution < -0.4 is 0 Å². The van der Waals surface area contributed by atoms with Crippen molar-refractivity contribution >= 4 is 8.56 Å². The van der Waals surface area contributed by atoms with E-state index in [4.69, 9.17) is 8.85 Å². The van der Waals surface area contributed by atoms with Crippen LogP contribution in [0.1, 0.15) is 19.8 Å². The molecule has 0 N–H and O–H groups in total. The summed E-state index contributed by atoms with van der Waals surface area (Å²) in [6.45, 7) is 3.09. The lowest BCUT2D eigenvalue weighted by molar-refractivity contribution is 0.176. The minimum Gasteiger partial charge on any atom is -0.398 e. The molecule has 1 saturated heterocycles. The van der Waals surface area contributed by atoms with Crippen LogP contribution in [0.5, 0.6) is 0 Å². The molecule has 60 valence electrons. The van der Waals surface area contributed by atoms with Gasteiger partial charge in [0.2, 0.25) is 0 Å². The van der Waals surface area contributed by atoms with Crippen molar-refractivity contribution in [2.24, 2.45) is 0 Å². The molecule has 0 amide bonds. The van der Waals surface area contributed by atoms with Crippen LogP contribution in [0.15, 0.2) is 0 Å². The van der Waals surface area contributed by atoms with Crippen molar-refractivity contribution in [2.75, 3.05) is 13.7 Å². The van der Waals surface area contributed by atoms with Crippen molar-refractivity contribution in [1.82, 2.24) is 0 Å². The quantitative estimate of drug-likeness (QED) is 0.574. The van der Waals surface area contributed by atoms with Crippen LogP contribution in [-0.2, 0) is 8.85 Å². The second kappa shape index (κ2) is 3.51. The fraction of sp³-hybridized carbons (Fsp3) is 1.00. The predicted octanol–water partition coefficient (Wildman–Crippen LogP) is 1.91. The van der Waals surface area contributed by atoms with Gasteiger partial charge in [0, 0.05) is 13.7 Å². The highest BCUT2D eigenvalue weighted by molar-refractivity contribution is 6.67. The van der Waals surface area contributed by atoms with Crippen molar-refractivity contribution in [3.63, 3.8) is 0 Å². The third kappa shape index (κ3) is 1.59. The fourth-order valence-electron chi connectivity index (χ4n) is 1.41. The van der Waals surface area contributed by atoms with Gasteiger partial charge in [-0.25, -0.2) is 0 Å². The molecule has 10 heavy (non-hydrogen) atoms. The monoisotopic (exact) mass is 160 g/mol. The highest BCUT2D eigenvalue weighted by Crippen LogP contribution is 2.25. The summed E-state index contributed by atoms with van der Waals surface area (Å²) in [5, 5.41) is 0. The number of hydrogen-bond donors (Lipinski definition) is 0. The molecule has 1 rings (SSSR count). The van der Waals surface area contributed by atoms with Crippen molar-refractivity contribution in [3.8, 4) is 0 Å². The van der Waals surface area contributed by atoms with Gasteiger partial charge in [-0.15, -0.1) is 0 Å². The van der Waals surface area contributed by atoms with E-state index in [-0.39, 0.29) is 0 Å². The van der Waals surface area contributed by atoms with E-state index in [1.165, 1.54) is 18.9 Å². The molecule has 0 saturated carbocycles. The summed E-state index contributed by atoms with van der Waals surface area (Å²) < 4.78 is 11.1. The van der Waals surface area contributed by atoms with Crippen LogP contribution in [0.2, 0.25) is 12.1 Å². The molecule has 0 aromatic rings. The molecule has 1 unspecified atom stereocenters. The summed E-state index contributed by atoms with van der Waals surface area (Å²) in [7, 11) is 0.162. The maximum atomic E-state index is 5.68. The van der Waals surface area contributed by atoms with Gasteiger partial charge in [0.25, 0.3) is 0 Å². The molecule has 1 heterocycles. The largest absolute Gasteiger partial charge is 0.398 e. The lowest BCUT2D eigenvalue weighted by Crippen LogP contribution is -2.42. The molecule has 2 nitrogen and oxygen atoms in total. The van der Waals surface area contributed by atoms with Crippen molar-refractivity contribution < 1.29 is 8.85 Å². The van der Waals surface area contributed by atoms with E-state index in [9.17, 15) is 0 Å². The van der Waals surface area contributed by atoms with Gasteiger partial charge < -0.3 is 8.85 Å². The Morgan fingerprint density at radius 2 is 2.30 bits per heavy atom. The van der Waals surface area contributed by atoms with Gasteiger partial charge in [-0.2, -0.15) is 0 Å². The molecule has 0 aromatic carbocycles. The van der Waals surface area contributed by atoms with Gasteiger partial charge in [0.05, 0.1) is 0 Å². The van der Waals surface area contributed by atoms with E-state index < -0.39 is 8.56 Å². The van der Waals surface area contributed by atoms with Crippen LogP contribution in [0.3, 0.4) is 0 Å². The Balaban J connectivity index is 2.44. The molecule has 0 radical (unpaired) electrons. The van der Waals surface area contributed by atoms with E-state index in [2.05, 4.69) is 6.92 Å². The van der Waals surface area contributed by atoms with Gasteiger partial charge in [-0.05, 0) is 24.9 Å². The smallest absolute Gasteiger partial charge is 0.337 e. The number of hydrogen-bond acceptors (Lipinski definition) is 2. The summed E-state index contributed by atoms with van der Waals surface area (Å²) in [4.78, 5) is 0. The number of rotatable bonds is 2. The first-order chi connectivity index (χ1) is 4.83. The first kappa shape index (κ1) is 8.24. The first-order valence-corrected chi connectivity index (χ1v) is 6.25. The highest BCUT2D eigenvalue weighted by atomic mass is 28.4. The van der Waals surface area contributed by atoms with E-state index >= 15 is 0 Å². The van der Waals surface area contributed by atoms with Gasteiger partial charge in [-0.3, -0.25) is 0 Å². The molecule has 1 aliphatic rings. The van der Waals surface area contributed by atoms with E-state index in [0.29, 0.717) is 0 Å². The summed E-state index contributed by atoms with van der Waals surface area (Å²) in [6, 6.07) is 2.30. The SMILES string of the molecule is CC[Si]1(OC)CCCCO1. The Kier molecular flexibility index (Phi) is 2.89. The van der Waals surface area contributed by atoms with Crippen LogP contribution in [0.25, 0.3) is 0 Å². The van der Waals surface area contributed by atoms with Gasteiger partial charge in [0.15, 0.2) is 0 Å². The topological polar surface area (TPSA) is 18.5 Å². The summed E-state index contributed by atoms with van der Waals surface area (Å²) in [5.41, 5.74) is 0. The predicted molar refractivity (Wildman–Crippen MR) is 43.2 cm³/mol. The Labute approximate surface area is 63.8 Å². The van der Waals surface area contributed by atoms with E-state index in [1.807, 2.05) is 0 Å². The summed E-state index contributed by atoms with van der Waals surface area (Å²) in [5.74, 6) is 0. The second-order valence-corrected chi connectivity index (χ2v) is 6.50. The molecule has 1 fully saturated rings. The van der Waals surface area contributed by atoms with Gasteiger partial charge in [0.1, 0.15) is 0 Å². The van der Waals surface area contributed by atoms with Gasteiger partial charge >= 0.3 is 8.56 Å². The van der Waals surface area contributed by atoms with Crippen LogP contribution in [0, 0.1) is 0 Å². The Bertz CT molecular complexity index is 93.8. The third-order valence-corrected chi connectivity index (χ3v) is 5.89. The minimum absolute atomic E-state index is 0.925. The molecule has 0 bridgehead atoms. The molecule has 1 atom stereocenters. The zero-order valence-corrected chi connectivity index (χ0v) is 7.85. The van der Waals surface area contributed by atoms with E-state index in [0.717, 1.165) is 12.7 Å². The Hall–Kier alpha value is 0.137. The zero-order chi connectivity index (χ0) is 7.45. The lowest BCUT2D eigenvalue weighted by Gasteiger charge is -2.31. The normalized spacial score (nSPS) is 34.2. The summed E-state index contributed by atoms with van der Waals surface area (Å²) in [6.07, 6.45) is 2.52. The van der Waals surface area contributed by atoms with E-state index in [1.54, 1.807) is 7.11 Å². The lowest BCUT2D eigenvalue weighted by atomic mass is 10.4. The Morgan fingerprint density at radius 1 is 1.50 bits per heavy atom. The highest BCUT2D eigenvalue weighted by Gasteiger charge is 2.35. The maximum absolute atomic E-state index is 5.68. The minimum atomic E-state index is -1.63. The van der Waals surface area contributed by atoms with Crippen molar-refractivity contribution in [2.45, 2.75) is 31.9 Å². The second-order valence-electron chi connectivity index (χ2n) is 2.77. The van der Waals surface area contributed by atoms with Gasteiger partial charge in [-0.1, -0.05) is 6.92 Å². The molecule has 1 aliphatic heterocycles. The first-order valence-electron chi connectivity index (χ1n) is 4.02. The average molecular weight is 160 g/mol. The fourth-order valence-corrected chi connectivity index (χ4v) is 4.03. The summed E-state index contributed by atoms with van der Waals surface area (Å²) >= 11 is 0. The molecular formula is C7H16O2Si. The molecule has 3 heteroatoms. The van der Waals surface area contributed by atoms with Crippen LogP contribution >= 0.6 is 0 Å². The third-order valence-electron chi connectivity index (χ3n) is 2.23. The van der Waals surface area contributed by atoms with Crippen LogP contribution in [-0.4, -0.2) is 22.3 Å². The zero-order valence-electron chi connectivity index (χ0n) is 6.85. The molecule has 0 aliphatic carbocycles. The Morgan fingerprint density at radius 3 is 2.60 bits per heavy atom.